The number of benzene rings is 2. The van der Waals surface area contributed by atoms with Crippen LogP contribution in [0.2, 0.25) is 0 Å². The van der Waals surface area contributed by atoms with Gasteiger partial charge in [0, 0.05) is 6.42 Å². The molecule has 2 aromatic carbocycles. The number of aryl methyl sites for hydroxylation is 2. The van der Waals surface area contributed by atoms with Gasteiger partial charge in [0.05, 0.1) is 18.1 Å². The Bertz CT molecular complexity index is 778. The van der Waals surface area contributed by atoms with E-state index in [-0.39, 0.29) is 12.5 Å². The standard InChI is InChI=1S/C18H18N2O2/c1-22-18(21)13-20-16-10-6-5-9-15(16)19-17(20)12-11-14-7-3-2-4-8-14/h2-10H,11-13H2,1H3. The Kier molecular flexibility index (Phi) is 4.19. The Morgan fingerprint density at radius 3 is 2.55 bits per heavy atom. The molecule has 0 fully saturated rings. The Hall–Kier alpha value is -2.62. The van der Waals surface area contributed by atoms with E-state index < -0.39 is 0 Å². The average molecular weight is 294 g/mol. The number of esters is 1. The molecular formula is C18H18N2O2. The highest BCUT2D eigenvalue weighted by molar-refractivity contribution is 5.78. The molecular weight excluding hydrogens is 276 g/mol. The Labute approximate surface area is 129 Å². The van der Waals surface area contributed by atoms with Crippen molar-refractivity contribution in [3.05, 3.63) is 66.0 Å². The number of hydrogen-bond acceptors (Lipinski definition) is 3. The van der Waals surface area contributed by atoms with Gasteiger partial charge in [-0.2, -0.15) is 0 Å². The lowest BCUT2D eigenvalue weighted by Gasteiger charge is -2.08. The van der Waals surface area contributed by atoms with Gasteiger partial charge in [-0.15, -0.1) is 0 Å². The maximum Gasteiger partial charge on any atom is 0.325 e. The van der Waals surface area contributed by atoms with Gasteiger partial charge >= 0.3 is 5.97 Å². The van der Waals surface area contributed by atoms with Crippen molar-refractivity contribution in [2.24, 2.45) is 0 Å². The van der Waals surface area contributed by atoms with Crippen molar-refractivity contribution in [2.45, 2.75) is 19.4 Å². The highest BCUT2D eigenvalue weighted by Crippen LogP contribution is 2.17. The molecule has 3 rings (SSSR count). The average Bonchev–Trinajstić information content (AvgIpc) is 2.91. The molecule has 0 radical (unpaired) electrons. The van der Waals surface area contributed by atoms with Crippen LogP contribution in [0.5, 0.6) is 0 Å². The normalized spacial score (nSPS) is 10.8. The first-order valence-corrected chi connectivity index (χ1v) is 7.33. The molecule has 0 aliphatic heterocycles. The number of ether oxygens (including phenoxy) is 1. The van der Waals surface area contributed by atoms with Crippen LogP contribution in [0.15, 0.2) is 54.6 Å². The molecule has 0 aliphatic carbocycles. The van der Waals surface area contributed by atoms with Crippen LogP contribution in [-0.4, -0.2) is 22.6 Å². The first-order chi connectivity index (χ1) is 10.8. The second-order valence-electron chi connectivity index (χ2n) is 5.16. The predicted octanol–water partition coefficient (Wildman–Crippen LogP) is 2.99. The molecule has 0 bridgehead atoms. The summed E-state index contributed by atoms with van der Waals surface area (Å²) in [5.41, 5.74) is 3.14. The predicted molar refractivity (Wildman–Crippen MR) is 85.6 cm³/mol. The summed E-state index contributed by atoms with van der Waals surface area (Å²) in [5, 5.41) is 0. The van der Waals surface area contributed by atoms with Gasteiger partial charge in [-0.05, 0) is 24.1 Å². The maximum atomic E-state index is 11.7. The second kappa shape index (κ2) is 6.43. The van der Waals surface area contributed by atoms with Crippen molar-refractivity contribution in [2.75, 3.05) is 7.11 Å². The minimum Gasteiger partial charge on any atom is -0.468 e. The number of fused-ring (bicyclic) bond motifs is 1. The van der Waals surface area contributed by atoms with Crippen LogP contribution < -0.4 is 0 Å². The molecule has 3 aromatic rings. The van der Waals surface area contributed by atoms with Gasteiger partial charge in [0.2, 0.25) is 0 Å². The third-order valence-electron chi connectivity index (χ3n) is 3.73. The van der Waals surface area contributed by atoms with Crippen molar-refractivity contribution in [3.63, 3.8) is 0 Å². The molecule has 0 spiro atoms. The number of nitrogens with zero attached hydrogens (tertiary/aromatic N) is 2. The smallest absolute Gasteiger partial charge is 0.325 e. The quantitative estimate of drug-likeness (QED) is 0.679. The zero-order valence-corrected chi connectivity index (χ0v) is 12.5. The second-order valence-corrected chi connectivity index (χ2v) is 5.16. The van der Waals surface area contributed by atoms with E-state index in [1.54, 1.807) is 0 Å². The summed E-state index contributed by atoms with van der Waals surface area (Å²) in [6, 6.07) is 18.2. The van der Waals surface area contributed by atoms with Crippen molar-refractivity contribution in [1.82, 2.24) is 9.55 Å². The molecule has 1 aromatic heterocycles. The highest BCUT2D eigenvalue weighted by Gasteiger charge is 2.13. The molecule has 22 heavy (non-hydrogen) atoms. The van der Waals surface area contributed by atoms with Crippen molar-refractivity contribution in [1.29, 1.82) is 0 Å². The lowest BCUT2D eigenvalue weighted by Crippen LogP contribution is -2.14. The molecule has 0 saturated carbocycles. The number of rotatable bonds is 5. The first-order valence-electron chi connectivity index (χ1n) is 7.33. The van der Waals surface area contributed by atoms with Gasteiger partial charge in [0.1, 0.15) is 12.4 Å². The van der Waals surface area contributed by atoms with Gasteiger partial charge in [-0.1, -0.05) is 42.5 Å². The topological polar surface area (TPSA) is 44.1 Å². The molecule has 0 atom stereocenters. The molecule has 0 N–H and O–H groups in total. The summed E-state index contributed by atoms with van der Waals surface area (Å²) >= 11 is 0. The maximum absolute atomic E-state index is 11.7. The number of imidazole rings is 1. The largest absolute Gasteiger partial charge is 0.468 e. The third-order valence-corrected chi connectivity index (χ3v) is 3.73. The number of hydrogen-bond donors (Lipinski definition) is 0. The van der Waals surface area contributed by atoms with E-state index >= 15 is 0 Å². The van der Waals surface area contributed by atoms with E-state index in [1.807, 2.05) is 47.0 Å². The first kappa shape index (κ1) is 14.3. The number of aromatic nitrogens is 2. The summed E-state index contributed by atoms with van der Waals surface area (Å²) in [4.78, 5) is 16.3. The van der Waals surface area contributed by atoms with Crippen LogP contribution in [0.4, 0.5) is 0 Å². The van der Waals surface area contributed by atoms with Gasteiger partial charge in [0.15, 0.2) is 0 Å². The van der Waals surface area contributed by atoms with Crippen molar-refractivity contribution < 1.29 is 9.53 Å². The molecule has 1 heterocycles. The summed E-state index contributed by atoms with van der Waals surface area (Å²) < 4.78 is 6.75. The molecule has 4 nitrogen and oxygen atoms in total. The minimum atomic E-state index is -0.260. The van der Waals surface area contributed by atoms with Gasteiger partial charge in [0.25, 0.3) is 0 Å². The van der Waals surface area contributed by atoms with Crippen LogP contribution in [0, 0.1) is 0 Å². The van der Waals surface area contributed by atoms with E-state index in [2.05, 4.69) is 17.1 Å². The van der Waals surface area contributed by atoms with E-state index in [4.69, 9.17) is 4.74 Å². The monoisotopic (exact) mass is 294 g/mol. The Balaban J connectivity index is 1.90. The van der Waals surface area contributed by atoms with E-state index in [9.17, 15) is 4.79 Å². The van der Waals surface area contributed by atoms with Crippen LogP contribution in [0.1, 0.15) is 11.4 Å². The SMILES string of the molecule is COC(=O)Cn1c(CCc2ccccc2)nc2ccccc21. The fourth-order valence-electron chi connectivity index (χ4n) is 2.59. The third kappa shape index (κ3) is 3.01. The summed E-state index contributed by atoms with van der Waals surface area (Å²) in [6.45, 7) is 0.196. The van der Waals surface area contributed by atoms with Gasteiger partial charge < -0.3 is 9.30 Å². The van der Waals surface area contributed by atoms with E-state index in [1.165, 1.54) is 12.7 Å². The van der Waals surface area contributed by atoms with Crippen LogP contribution in [0.3, 0.4) is 0 Å². The molecule has 0 unspecified atom stereocenters. The van der Waals surface area contributed by atoms with Crippen molar-refractivity contribution in [3.8, 4) is 0 Å². The molecule has 0 saturated heterocycles. The zero-order chi connectivity index (χ0) is 15.4. The van der Waals surface area contributed by atoms with Gasteiger partial charge in [-0.3, -0.25) is 4.79 Å². The summed E-state index contributed by atoms with van der Waals surface area (Å²) in [7, 11) is 1.41. The minimum absolute atomic E-state index is 0.196. The molecule has 0 amide bonds. The number of carbonyl (C=O) groups excluding carboxylic acids is 1. The summed E-state index contributed by atoms with van der Waals surface area (Å²) in [5.74, 6) is 0.652. The highest BCUT2D eigenvalue weighted by atomic mass is 16.5. The fraction of sp³-hybridized carbons (Fsp3) is 0.222. The number of methoxy groups -OCH3 is 1. The zero-order valence-electron chi connectivity index (χ0n) is 12.5. The fourth-order valence-corrected chi connectivity index (χ4v) is 2.59. The van der Waals surface area contributed by atoms with Crippen LogP contribution >= 0.6 is 0 Å². The Morgan fingerprint density at radius 2 is 1.77 bits per heavy atom. The van der Waals surface area contributed by atoms with Crippen LogP contribution in [-0.2, 0) is 28.9 Å². The lowest BCUT2D eigenvalue weighted by molar-refractivity contribution is -0.141. The van der Waals surface area contributed by atoms with E-state index in [0.29, 0.717) is 0 Å². The van der Waals surface area contributed by atoms with Gasteiger partial charge in [-0.25, -0.2) is 4.98 Å². The Morgan fingerprint density at radius 1 is 1.05 bits per heavy atom. The van der Waals surface area contributed by atoms with Crippen LogP contribution in [0.25, 0.3) is 11.0 Å². The summed E-state index contributed by atoms with van der Waals surface area (Å²) in [6.07, 6.45) is 1.68. The molecule has 112 valence electrons. The molecule has 0 aliphatic rings. The number of carbonyl (C=O) groups is 1. The number of para-hydroxylation sites is 2. The molecule has 4 heteroatoms. The lowest BCUT2D eigenvalue weighted by atomic mass is 10.1. The van der Waals surface area contributed by atoms with E-state index in [0.717, 1.165) is 29.7 Å². The van der Waals surface area contributed by atoms with Crippen molar-refractivity contribution >= 4 is 17.0 Å².